The summed E-state index contributed by atoms with van der Waals surface area (Å²) in [6.45, 7) is 3.60. The summed E-state index contributed by atoms with van der Waals surface area (Å²) in [5, 5.41) is 4.81. The third-order valence-corrected chi connectivity index (χ3v) is 5.73. The van der Waals surface area contributed by atoms with Gasteiger partial charge in [0.2, 0.25) is 17.6 Å². The van der Waals surface area contributed by atoms with Crippen LogP contribution in [-0.2, 0) is 17.6 Å². The molecule has 0 N–H and O–H groups in total. The van der Waals surface area contributed by atoms with Crippen LogP contribution in [-0.4, -0.2) is 34.0 Å². The number of rotatable bonds is 5. The van der Waals surface area contributed by atoms with Gasteiger partial charge in [0, 0.05) is 30.1 Å². The van der Waals surface area contributed by atoms with Gasteiger partial charge in [-0.15, -0.1) is 0 Å². The smallest absolute Gasteiger partial charge is 0.227 e. The van der Waals surface area contributed by atoms with Gasteiger partial charge >= 0.3 is 0 Å². The van der Waals surface area contributed by atoms with E-state index in [9.17, 15) is 4.79 Å². The standard InChI is InChI=1S/C23H24ClN3O2/c1-16-2-6-19(7-3-16)23-25-21(29-26-23)14-18-10-12-27(13-11-18)22(28)15-17-4-8-20(24)9-5-17/h2-9,18H,10-15H2,1H3. The third kappa shape index (κ3) is 5.04. The van der Waals surface area contributed by atoms with Gasteiger partial charge in [0.15, 0.2) is 0 Å². The lowest BCUT2D eigenvalue weighted by atomic mass is 9.93. The summed E-state index contributed by atoms with van der Waals surface area (Å²) < 4.78 is 5.46. The zero-order valence-corrected chi connectivity index (χ0v) is 17.2. The number of carbonyl (C=O) groups is 1. The van der Waals surface area contributed by atoms with Crippen LogP contribution in [0.2, 0.25) is 5.02 Å². The predicted molar refractivity (Wildman–Crippen MR) is 113 cm³/mol. The summed E-state index contributed by atoms with van der Waals surface area (Å²) in [4.78, 5) is 19.1. The van der Waals surface area contributed by atoms with E-state index in [0.717, 1.165) is 43.5 Å². The van der Waals surface area contributed by atoms with E-state index >= 15 is 0 Å². The summed E-state index contributed by atoms with van der Waals surface area (Å²) in [6.07, 6.45) is 3.09. The highest BCUT2D eigenvalue weighted by Crippen LogP contribution is 2.23. The first-order valence-corrected chi connectivity index (χ1v) is 10.4. The highest BCUT2D eigenvalue weighted by molar-refractivity contribution is 6.30. The fourth-order valence-corrected chi connectivity index (χ4v) is 3.81. The van der Waals surface area contributed by atoms with Crippen molar-refractivity contribution in [3.05, 3.63) is 70.6 Å². The van der Waals surface area contributed by atoms with Gasteiger partial charge in [-0.2, -0.15) is 4.98 Å². The van der Waals surface area contributed by atoms with Crippen LogP contribution in [0, 0.1) is 12.8 Å². The van der Waals surface area contributed by atoms with Crippen LogP contribution in [0.5, 0.6) is 0 Å². The topological polar surface area (TPSA) is 59.2 Å². The summed E-state index contributed by atoms with van der Waals surface area (Å²) in [6, 6.07) is 15.6. The molecule has 0 spiro atoms. The number of hydrogen-bond donors (Lipinski definition) is 0. The third-order valence-electron chi connectivity index (χ3n) is 5.48. The van der Waals surface area contributed by atoms with Crippen molar-refractivity contribution in [3.63, 3.8) is 0 Å². The number of aryl methyl sites for hydroxylation is 1. The Hall–Kier alpha value is -2.66. The zero-order chi connectivity index (χ0) is 20.2. The zero-order valence-electron chi connectivity index (χ0n) is 16.5. The van der Waals surface area contributed by atoms with Gasteiger partial charge in [0.1, 0.15) is 0 Å². The molecule has 2 aromatic carbocycles. The van der Waals surface area contributed by atoms with Crippen LogP contribution >= 0.6 is 11.6 Å². The number of carbonyl (C=O) groups excluding carboxylic acids is 1. The minimum absolute atomic E-state index is 0.172. The van der Waals surface area contributed by atoms with Crippen molar-refractivity contribution >= 4 is 17.5 Å². The Balaban J connectivity index is 1.28. The first-order chi connectivity index (χ1) is 14.1. The van der Waals surface area contributed by atoms with E-state index in [1.165, 1.54) is 5.56 Å². The van der Waals surface area contributed by atoms with Crippen LogP contribution < -0.4 is 0 Å². The molecule has 1 saturated heterocycles. The molecule has 2 heterocycles. The quantitative estimate of drug-likeness (QED) is 0.611. The van der Waals surface area contributed by atoms with E-state index in [-0.39, 0.29) is 5.91 Å². The molecule has 0 radical (unpaired) electrons. The minimum atomic E-state index is 0.172. The van der Waals surface area contributed by atoms with E-state index < -0.39 is 0 Å². The van der Waals surface area contributed by atoms with Crippen molar-refractivity contribution in [1.29, 1.82) is 0 Å². The Bertz CT molecular complexity index is 959. The van der Waals surface area contributed by atoms with Crippen molar-refractivity contribution in [2.45, 2.75) is 32.6 Å². The fraction of sp³-hybridized carbons (Fsp3) is 0.348. The monoisotopic (exact) mass is 409 g/mol. The summed E-state index contributed by atoms with van der Waals surface area (Å²) in [5.74, 6) is 1.94. The molecule has 0 bridgehead atoms. The van der Waals surface area contributed by atoms with E-state index in [0.29, 0.717) is 29.1 Å². The second-order valence-corrected chi connectivity index (χ2v) is 8.15. The summed E-state index contributed by atoms with van der Waals surface area (Å²) in [7, 11) is 0. The molecule has 4 rings (SSSR count). The predicted octanol–water partition coefficient (Wildman–Crippen LogP) is 4.72. The molecular formula is C23H24ClN3O2. The molecule has 0 atom stereocenters. The van der Waals surface area contributed by atoms with Crippen molar-refractivity contribution in [3.8, 4) is 11.4 Å². The lowest BCUT2D eigenvalue weighted by Gasteiger charge is -2.31. The molecule has 1 fully saturated rings. The number of nitrogens with zero attached hydrogens (tertiary/aromatic N) is 3. The lowest BCUT2D eigenvalue weighted by Crippen LogP contribution is -2.39. The van der Waals surface area contributed by atoms with Crippen molar-refractivity contribution in [2.75, 3.05) is 13.1 Å². The van der Waals surface area contributed by atoms with Gasteiger partial charge in [-0.3, -0.25) is 4.79 Å². The van der Waals surface area contributed by atoms with Crippen molar-refractivity contribution < 1.29 is 9.32 Å². The van der Waals surface area contributed by atoms with E-state index in [1.54, 1.807) is 0 Å². The number of amides is 1. The number of piperidine rings is 1. The SMILES string of the molecule is Cc1ccc(-c2noc(CC3CCN(C(=O)Cc4ccc(Cl)cc4)CC3)n2)cc1. The number of hydrogen-bond acceptors (Lipinski definition) is 4. The highest BCUT2D eigenvalue weighted by Gasteiger charge is 2.24. The number of likely N-dealkylation sites (tertiary alicyclic amines) is 1. The largest absolute Gasteiger partial charge is 0.342 e. The van der Waals surface area contributed by atoms with Crippen LogP contribution in [0.4, 0.5) is 0 Å². The number of aromatic nitrogens is 2. The molecule has 5 nitrogen and oxygen atoms in total. The molecule has 0 saturated carbocycles. The van der Waals surface area contributed by atoms with Gasteiger partial charge in [-0.05, 0) is 43.4 Å². The number of benzene rings is 2. The van der Waals surface area contributed by atoms with Crippen LogP contribution in [0.3, 0.4) is 0 Å². The first kappa shape index (κ1) is 19.6. The molecule has 1 aromatic heterocycles. The van der Waals surface area contributed by atoms with Crippen molar-refractivity contribution in [2.24, 2.45) is 5.92 Å². The minimum Gasteiger partial charge on any atom is -0.342 e. The molecule has 0 unspecified atom stereocenters. The second kappa shape index (κ2) is 8.78. The fourth-order valence-electron chi connectivity index (χ4n) is 3.68. The normalized spacial score (nSPS) is 14.9. The Labute approximate surface area is 175 Å². The van der Waals surface area contributed by atoms with E-state index in [2.05, 4.69) is 17.1 Å². The van der Waals surface area contributed by atoms with Gasteiger partial charge in [0.05, 0.1) is 6.42 Å². The Morgan fingerprint density at radius 3 is 2.48 bits per heavy atom. The molecule has 3 aromatic rings. The van der Waals surface area contributed by atoms with Gasteiger partial charge in [0.25, 0.3) is 0 Å². The summed E-state index contributed by atoms with van der Waals surface area (Å²) in [5.41, 5.74) is 3.17. The van der Waals surface area contributed by atoms with Crippen LogP contribution in [0.15, 0.2) is 53.1 Å². The molecular weight excluding hydrogens is 386 g/mol. The van der Waals surface area contributed by atoms with Crippen molar-refractivity contribution in [1.82, 2.24) is 15.0 Å². The van der Waals surface area contributed by atoms with Gasteiger partial charge < -0.3 is 9.42 Å². The first-order valence-electron chi connectivity index (χ1n) is 9.98. The van der Waals surface area contributed by atoms with Gasteiger partial charge in [-0.1, -0.05) is 58.7 Å². The molecule has 1 aliphatic rings. The Kier molecular flexibility index (Phi) is 5.95. The molecule has 1 amide bonds. The molecule has 6 heteroatoms. The molecule has 0 aliphatic carbocycles. The summed E-state index contributed by atoms with van der Waals surface area (Å²) >= 11 is 5.91. The maximum atomic E-state index is 12.6. The average molecular weight is 410 g/mol. The van der Waals surface area contributed by atoms with E-state index in [1.807, 2.05) is 53.4 Å². The Morgan fingerprint density at radius 1 is 1.10 bits per heavy atom. The van der Waals surface area contributed by atoms with Gasteiger partial charge in [-0.25, -0.2) is 0 Å². The molecule has 1 aliphatic heterocycles. The van der Waals surface area contributed by atoms with Crippen LogP contribution in [0.25, 0.3) is 11.4 Å². The molecule has 150 valence electrons. The maximum absolute atomic E-state index is 12.6. The highest BCUT2D eigenvalue weighted by atomic mass is 35.5. The van der Waals surface area contributed by atoms with Crippen LogP contribution in [0.1, 0.15) is 29.9 Å². The van der Waals surface area contributed by atoms with E-state index in [4.69, 9.17) is 16.1 Å². The average Bonchev–Trinajstić information content (AvgIpc) is 3.19. The lowest BCUT2D eigenvalue weighted by molar-refractivity contribution is -0.131. The maximum Gasteiger partial charge on any atom is 0.227 e. The second-order valence-electron chi connectivity index (χ2n) is 7.71. The number of halogens is 1. The Morgan fingerprint density at radius 2 is 1.79 bits per heavy atom. The molecule has 29 heavy (non-hydrogen) atoms.